The van der Waals surface area contributed by atoms with Crippen molar-refractivity contribution in [2.24, 2.45) is 0 Å². The highest BCUT2D eigenvalue weighted by Crippen LogP contribution is 2.50. The van der Waals surface area contributed by atoms with Crippen molar-refractivity contribution in [1.29, 1.82) is 0 Å². The van der Waals surface area contributed by atoms with Crippen LogP contribution in [0, 0.1) is 0 Å². The molecule has 2 heteroatoms. The number of halogens is 1. The van der Waals surface area contributed by atoms with Crippen molar-refractivity contribution in [3.8, 4) is 0 Å². The first-order valence-corrected chi connectivity index (χ1v) is 8.23. The fraction of sp³-hybridized carbons (Fsp3) is 0.857. The summed E-state index contributed by atoms with van der Waals surface area (Å²) < 4.78 is 1.67. The first kappa shape index (κ1) is 13.0. The molecule has 0 aromatic heterocycles. The van der Waals surface area contributed by atoms with Gasteiger partial charge in [0.2, 0.25) is 0 Å². The summed E-state index contributed by atoms with van der Waals surface area (Å²) in [6, 6.07) is 0. The van der Waals surface area contributed by atoms with Gasteiger partial charge < -0.3 is 0 Å². The Kier molecular flexibility index (Phi) is 4.81. The van der Waals surface area contributed by atoms with Gasteiger partial charge in [-0.1, -0.05) is 92.1 Å². The Balaban J connectivity index is 2.23. The van der Waals surface area contributed by atoms with Crippen LogP contribution in [0.1, 0.15) is 65.2 Å². The van der Waals surface area contributed by atoms with Crippen LogP contribution in [0.3, 0.4) is 0 Å². The molecular weight excluding hydrogens is 306 g/mol. The highest BCUT2D eigenvalue weighted by Gasteiger charge is 2.41. The third-order valence-corrected chi connectivity index (χ3v) is 6.21. The normalized spacial score (nSPS) is 31.3. The number of rotatable bonds is 3. The van der Waals surface area contributed by atoms with E-state index < -0.39 is 0 Å². The van der Waals surface area contributed by atoms with Gasteiger partial charge in [0, 0.05) is 0 Å². The van der Waals surface area contributed by atoms with Gasteiger partial charge >= 0.3 is 0 Å². The van der Waals surface area contributed by atoms with Gasteiger partial charge in [0.1, 0.15) is 0 Å². The van der Waals surface area contributed by atoms with E-state index in [-0.39, 0.29) is 0 Å². The van der Waals surface area contributed by atoms with Crippen molar-refractivity contribution in [1.82, 2.24) is 0 Å². The van der Waals surface area contributed by atoms with Crippen molar-refractivity contribution < 1.29 is 0 Å². The summed E-state index contributed by atoms with van der Waals surface area (Å²) in [7, 11) is 0. The zero-order chi connectivity index (χ0) is 11.5. The fourth-order valence-electron chi connectivity index (χ4n) is 4.08. The average molecular weight is 330 g/mol. The molecule has 2 rings (SSSR count). The van der Waals surface area contributed by atoms with E-state index in [0.29, 0.717) is 0 Å². The van der Waals surface area contributed by atoms with Crippen LogP contribution in [-0.2, 0) is 0 Å². The molecule has 2 bridgehead atoms. The fourth-order valence-corrected chi connectivity index (χ4v) is 4.82. The second-order valence-electron chi connectivity index (χ2n) is 5.54. The van der Waals surface area contributed by atoms with Crippen LogP contribution in [0.25, 0.3) is 0 Å². The Morgan fingerprint density at radius 1 is 1.00 bits per heavy atom. The molecule has 2 aliphatic rings. The highest BCUT2D eigenvalue weighted by atomic mass is 127. The van der Waals surface area contributed by atoms with Crippen molar-refractivity contribution in [3.63, 3.8) is 0 Å². The minimum atomic E-state index is 0.972. The molecule has 0 aromatic carbocycles. The van der Waals surface area contributed by atoms with Crippen molar-refractivity contribution in [2.75, 3.05) is 0 Å². The molecule has 0 saturated carbocycles. The maximum Gasteiger partial charge on any atom is 0.177 e. The molecule has 2 saturated heterocycles. The summed E-state index contributed by atoms with van der Waals surface area (Å²) in [4.78, 5) is 0. The van der Waals surface area contributed by atoms with Crippen LogP contribution in [0.2, 0.25) is 11.6 Å². The SMILES string of the molecule is CC/C(I)=C(/CC)B1C2CCCC1CCC2. The quantitative estimate of drug-likeness (QED) is 0.464. The van der Waals surface area contributed by atoms with E-state index in [9.17, 15) is 0 Å². The summed E-state index contributed by atoms with van der Waals surface area (Å²) in [6.45, 7) is 5.66. The molecule has 90 valence electrons. The third-order valence-electron chi connectivity index (χ3n) is 4.76. The van der Waals surface area contributed by atoms with Crippen LogP contribution in [-0.4, -0.2) is 6.71 Å². The first-order chi connectivity index (χ1) is 7.77. The summed E-state index contributed by atoms with van der Waals surface area (Å²) in [6.07, 6.45) is 11.6. The third kappa shape index (κ3) is 2.52. The number of allylic oxidation sites excluding steroid dienone is 2. The summed E-state index contributed by atoms with van der Waals surface area (Å²) in [5, 5.41) is 0. The standard InChI is InChI=1S/C14H24BI/c1-3-13(14(16)4-2)15-11-7-5-8-12(15)10-6-9-11/h11-12H,3-10H2,1-2H3/b14-13+. The lowest BCUT2D eigenvalue weighted by atomic mass is 9.24. The highest BCUT2D eigenvalue weighted by molar-refractivity contribution is 14.1. The van der Waals surface area contributed by atoms with Gasteiger partial charge in [-0.25, -0.2) is 0 Å². The van der Waals surface area contributed by atoms with E-state index >= 15 is 0 Å². The summed E-state index contributed by atoms with van der Waals surface area (Å²) in [5.41, 5.74) is 1.83. The molecule has 0 unspecified atom stereocenters. The van der Waals surface area contributed by atoms with Crippen molar-refractivity contribution in [3.05, 3.63) is 9.05 Å². The van der Waals surface area contributed by atoms with Crippen molar-refractivity contribution in [2.45, 2.75) is 76.8 Å². The minimum absolute atomic E-state index is 0.972. The Labute approximate surface area is 115 Å². The van der Waals surface area contributed by atoms with E-state index in [2.05, 4.69) is 36.4 Å². The Morgan fingerprint density at radius 2 is 1.50 bits per heavy atom. The maximum atomic E-state index is 2.61. The molecule has 0 N–H and O–H groups in total. The van der Waals surface area contributed by atoms with E-state index in [0.717, 1.165) is 18.3 Å². The molecule has 0 nitrogen and oxygen atoms in total. The van der Waals surface area contributed by atoms with Crippen molar-refractivity contribution >= 4 is 29.3 Å². The summed E-state index contributed by atoms with van der Waals surface area (Å²) in [5.74, 6) is 2.08. The molecular formula is C14H24BI. The molecule has 2 aliphatic heterocycles. The number of hydrogen-bond acceptors (Lipinski definition) is 0. The van der Waals surface area contributed by atoms with Gasteiger partial charge in [-0.2, -0.15) is 0 Å². The maximum absolute atomic E-state index is 2.61. The average Bonchev–Trinajstić information content (AvgIpc) is 2.29. The molecule has 0 amide bonds. The molecule has 16 heavy (non-hydrogen) atoms. The molecule has 0 radical (unpaired) electrons. The zero-order valence-electron chi connectivity index (χ0n) is 10.8. The second kappa shape index (κ2) is 5.93. The second-order valence-corrected chi connectivity index (χ2v) is 6.85. The molecule has 0 aliphatic carbocycles. The van der Waals surface area contributed by atoms with Gasteiger partial charge in [-0.15, -0.1) is 0 Å². The predicted molar refractivity (Wildman–Crippen MR) is 82.6 cm³/mol. The molecule has 0 spiro atoms. The first-order valence-electron chi connectivity index (χ1n) is 7.15. The molecule has 2 fully saturated rings. The number of hydrogen-bond donors (Lipinski definition) is 0. The molecule has 0 atom stereocenters. The summed E-state index contributed by atoms with van der Waals surface area (Å²) >= 11 is 2.61. The van der Waals surface area contributed by atoms with Crippen LogP contribution in [0.5, 0.6) is 0 Å². The van der Waals surface area contributed by atoms with Crippen LogP contribution in [0.4, 0.5) is 0 Å². The van der Waals surface area contributed by atoms with Gasteiger partial charge in [0.25, 0.3) is 0 Å². The van der Waals surface area contributed by atoms with E-state index in [1.165, 1.54) is 51.4 Å². The molecule has 0 aromatic rings. The Morgan fingerprint density at radius 3 is 1.88 bits per heavy atom. The van der Waals surface area contributed by atoms with Crippen LogP contribution >= 0.6 is 22.6 Å². The topological polar surface area (TPSA) is 0 Å². The monoisotopic (exact) mass is 330 g/mol. The van der Waals surface area contributed by atoms with Gasteiger partial charge in [-0.3, -0.25) is 0 Å². The molecule has 2 heterocycles. The minimum Gasteiger partial charge on any atom is -0.0917 e. The van der Waals surface area contributed by atoms with Gasteiger partial charge in [0.15, 0.2) is 6.71 Å². The van der Waals surface area contributed by atoms with Crippen LogP contribution < -0.4 is 0 Å². The Hall–Kier alpha value is 0.535. The lowest BCUT2D eigenvalue weighted by molar-refractivity contribution is 0.445. The van der Waals surface area contributed by atoms with E-state index in [1.54, 1.807) is 3.58 Å². The predicted octanol–water partition coefficient (Wildman–Crippen LogP) is 5.64. The largest absolute Gasteiger partial charge is 0.177 e. The lowest BCUT2D eigenvalue weighted by Crippen LogP contribution is -2.36. The zero-order valence-corrected chi connectivity index (χ0v) is 12.9. The van der Waals surface area contributed by atoms with Gasteiger partial charge in [-0.05, 0) is 16.4 Å². The smallest absolute Gasteiger partial charge is 0.0917 e. The number of fused-ring (bicyclic) bond motifs is 2. The van der Waals surface area contributed by atoms with Crippen LogP contribution in [0.15, 0.2) is 9.05 Å². The Bertz CT molecular complexity index is 250. The van der Waals surface area contributed by atoms with Gasteiger partial charge in [0.05, 0.1) is 0 Å². The lowest BCUT2D eigenvalue weighted by Gasteiger charge is -2.42. The van der Waals surface area contributed by atoms with E-state index in [1.807, 2.05) is 5.47 Å². The van der Waals surface area contributed by atoms with E-state index in [4.69, 9.17) is 0 Å².